The third-order valence-electron chi connectivity index (χ3n) is 3.54. The van der Waals surface area contributed by atoms with Crippen LogP contribution in [0.25, 0.3) is 0 Å². The number of nitrogen functional groups attached to an aromatic ring is 1. The fourth-order valence-electron chi connectivity index (χ4n) is 1.73. The van der Waals surface area contributed by atoms with Gasteiger partial charge >= 0.3 is 18.1 Å². The number of thiazole rings is 1. The molecule has 2 heterocycles. The Morgan fingerprint density at radius 2 is 1.84 bits per heavy atom. The predicted octanol–water partition coefficient (Wildman–Crippen LogP) is -0.0544. The summed E-state index contributed by atoms with van der Waals surface area (Å²) in [6.07, 6.45) is -5.08. The molecular weight excluding hydrogens is 451 g/mol. The first kappa shape index (κ1) is 25.6. The Labute approximate surface area is 176 Å². The highest BCUT2D eigenvalue weighted by molar-refractivity contribution is 7.13. The molecule has 172 valence electrons. The number of carboxylic acids is 2. The minimum absolute atomic E-state index is 0.128. The number of amides is 2. The number of nitrogens with one attached hydrogen (secondary N) is 2. The largest absolute Gasteiger partial charge is 0.490 e. The van der Waals surface area contributed by atoms with E-state index < -0.39 is 35.7 Å². The van der Waals surface area contributed by atoms with Gasteiger partial charge in [0.1, 0.15) is 11.7 Å². The summed E-state index contributed by atoms with van der Waals surface area (Å²) in [5.41, 5.74) is 3.77. The summed E-state index contributed by atoms with van der Waals surface area (Å²) in [4.78, 5) is 52.7. The van der Waals surface area contributed by atoms with E-state index in [2.05, 4.69) is 20.8 Å². The molecule has 0 unspecified atom stereocenters. The Kier molecular flexibility index (Phi) is 7.92. The van der Waals surface area contributed by atoms with Crippen LogP contribution in [0.15, 0.2) is 10.5 Å². The first-order chi connectivity index (χ1) is 14.1. The Hall–Kier alpha value is -3.43. The van der Waals surface area contributed by atoms with Gasteiger partial charge in [0, 0.05) is 5.38 Å². The molecule has 0 saturated carbocycles. The van der Waals surface area contributed by atoms with Gasteiger partial charge in [-0.05, 0) is 20.8 Å². The second-order valence-corrected chi connectivity index (χ2v) is 7.36. The van der Waals surface area contributed by atoms with Gasteiger partial charge in [-0.15, -0.1) is 11.3 Å². The molecule has 1 fully saturated rings. The molecule has 0 aliphatic carbocycles. The molecule has 6 N–H and O–H groups in total. The highest BCUT2D eigenvalue weighted by Crippen LogP contribution is 2.16. The number of nitrogens with zero attached hydrogens (tertiary/aromatic N) is 2. The summed E-state index contributed by atoms with van der Waals surface area (Å²) >= 11 is 1.08. The van der Waals surface area contributed by atoms with Crippen molar-refractivity contribution in [3.63, 3.8) is 0 Å². The van der Waals surface area contributed by atoms with Crippen LogP contribution in [0, 0.1) is 0 Å². The summed E-state index contributed by atoms with van der Waals surface area (Å²) in [5, 5.41) is 26.6. The molecule has 31 heavy (non-hydrogen) atoms. The first-order valence-corrected chi connectivity index (χ1v) is 9.06. The SMILES string of the molecule is C[C@H]1NC(=O)[C@H]1NC(=O)/C(=N\OC(C)(C)C(=O)O)c1csc(N)n1.O=C(O)C(F)(F)F. The van der Waals surface area contributed by atoms with E-state index in [1.807, 2.05) is 0 Å². The summed E-state index contributed by atoms with van der Waals surface area (Å²) in [7, 11) is 0. The Balaban J connectivity index is 0.000000592. The Morgan fingerprint density at radius 1 is 1.29 bits per heavy atom. The van der Waals surface area contributed by atoms with E-state index in [0.29, 0.717) is 0 Å². The molecule has 2 atom stereocenters. The average molecular weight is 469 g/mol. The molecule has 2 rings (SSSR count). The average Bonchev–Trinajstić information content (AvgIpc) is 3.05. The van der Waals surface area contributed by atoms with Crippen molar-refractivity contribution in [3.05, 3.63) is 11.1 Å². The van der Waals surface area contributed by atoms with Crippen LogP contribution < -0.4 is 16.4 Å². The van der Waals surface area contributed by atoms with Gasteiger partial charge in [-0.3, -0.25) is 9.59 Å². The lowest BCUT2D eigenvalue weighted by atomic mass is 10.0. The number of carboxylic acid groups (broad SMARTS) is 2. The molecule has 1 aromatic rings. The van der Waals surface area contributed by atoms with Gasteiger partial charge in [0.05, 0.1) is 6.04 Å². The van der Waals surface area contributed by atoms with Gasteiger partial charge < -0.3 is 31.4 Å². The molecule has 1 saturated heterocycles. The third-order valence-corrected chi connectivity index (χ3v) is 4.22. The number of carbonyl (C=O) groups excluding carboxylic acids is 2. The van der Waals surface area contributed by atoms with Crippen molar-refractivity contribution in [1.29, 1.82) is 0 Å². The number of hydrogen-bond donors (Lipinski definition) is 5. The normalized spacial score (nSPS) is 18.6. The quantitative estimate of drug-likeness (QED) is 0.216. The van der Waals surface area contributed by atoms with Crippen molar-refractivity contribution in [2.24, 2.45) is 5.16 Å². The van der Waals surface area contributed by atoms with Crippen molar-refractivity contribution in [2.75, 3.05) is 5.73 Å². The van der Waals surface area contributed by atoms with Crippen molar-refractivity contribution in [1.82, 2.24) is 15.6 Å². The topological polar surface area (TPSA) is 193 Å². The summed E-state index contributed by atoms with van der Waals surface area (Å²) in [6, 6.07) is -0.925. The zero-order valence-electron chi connectivity index (χ0n) is 16.2. The number of β-lactam (4-membered cyclic amide) rings is 1. The number of nitrogens with two attached hydrogens (primary N) is 1. The van der Waals surface area contributed by atoms with Gasteiger partial charge in [-0.25, -0.2) is 14.6 Å². The van der Waals surface area contributed by atoms with Crippen molar-refractivity contribution in [2.45, 2.75) is 44.6 Å². The van der Waals surface area contributed by atoms with Gasteiger partial charge in [0.15, 0.2) is 10.8 Å². The molecule has 2 amide bonds. The molecule has 1 aliphatic rings. The standard InChI is InChI=1S/C13H17N5O5S.C2HF3O2/c1-5-7(9(19)15-5)17-10(20)8(6-4-24-12(14)16-6)18-23-13(2,3)11(21)22;3-2(4,5)1(6)7/h4-5,7H,1-3H3,(H2,14,16)(H,15,19)(H,17,20)(H,21,22);(H,6,7)/b18-8-;/t5-,7+;/m1./s1. The number of halogens is 3. The number of alkyl halides is 3. The molecule has 1 aliphatic heterocycles. The van der Waals surface area contributed by atoms with Crippen molar-refractivity contribution in [3.8, 4) is 0 Å². The van der Waals surface area contributed by atoms with E-state index in [9.17, 15) is 27.6 Å². The predicted molar refractivity (Wildman–Crippen MR) is 99.1 cm³/mol. The second-order valence-electron chi connectivity index (χ2n) is 6.47. The zero-order chi connectivity index (χ0) is 24.1. The summed E-state index contributed by atoms with van der Waals surface area (Å²) in [5.74, 6) is -5.05. The fourth-order valence-corrected chi connectivity index (χ4v) is 2.28. The molecule has 12 nitrogen and oxygen atoms in total. The van der Waals surface area contributed by atoms with Gasteiger partial charge in [0.25, 0.3) is 5.91 Å². The molecule has 0 radical (unpaired) electrons. The van der Waals surface area contributed by atoms with E-state index >= 15 is 0 Å². The number of aromatic nitrogens is 1. The summed E-state index contributed by atoms with van der Waals surface area (Å²) in [6.45, 7) is 4.30. The lowest BCUT2D eigenvalue weighted by Crippen LogP contribution is -2.68. The highest BCUT2D eigenvalue weighted by Gasteiger charge is 2.39. The lowest BCUT2D eigenvalue weighted by molar-refractivity contribution is -0.192. The molecule has 0 bridgehead atoms. The van der Waals surface area contributed by atoms with E-state index in [-0.39, 0.29) is 28.5 Å². The zero-order valence-corrected chi connectivity index (χ0v) is 17.0. The number of oxime groups is 1. The van der Waals surface area contributed by atoms with E-state index in [4.69, 9.17) is 25.6 Å². The molecule has 16 heteroatoms. The van der Waals surface area contributed by atoms with E-state index in [1.165, 1.54) is 19.2 Å². The minimum Gasteiger partial charge on any atom is -0.478 e. The molecule has 0 aromatic carbocycles. The van der Waals surface area contributed by atoms with E-state index in [0.717, 1.165) is 11.3 Å². The lowest BCUT2D eigenvalue weighted by Gasteiger charge is -2.34. The van der Waals surface area contributed by atoms with Crippen LogP contribution in [-0.4, -0.2) is 68.5 Å². The minimum atomic E-state index is -5.08. The molecular formula is C15H18F3N5O7S. The second kappa shape index (κ2) is 9.59. The maximum Gasteiger partial charge on any atom is 0.490 e. The smallest absolute Gasteiger partial charge is 0.478 e. The molecule has 1 aromatic heterocycles. The van der Waals surface area contributed by atoms with E-state index in [1.54, 1.807) is 6.92 Å². The van der Waals surface area contributed by atoms with Crippen LogP contribution >= 0.6 is 11.3 Å². The number of anilines is 1. The third kappa shape index (κ3) is 7.09. The van der Waals surface area contributed by atoms with Crippen LogP contribution in [0.1, 0.15) is 26.5 Å². The monoisotopic (exact) mass is 469 g/mol. The summed E-state index contributed by atoms with van der Waals surface area (Å²) < 4.78 is 31.7. The van der Waals surface area contributed by atoms with Crippen LogP contribution in [0.2, 0.25) is 0 Å². The Morgan fingerprint density at radius 3 is 2.19 bits per heavy atom. The number of hydrogen-bond acceptors (Lipinski definition) is 9. The van der Waals surface area contributed by atoms with Crippen LogP contribution in [0.5, 0.6) is 0 Å². The Bertz CT molecular complexity index is 900. The molecule has 0 spiro atoms. The number of carbonyl (C=O) groups is 4. The van der Waals surface area contributed by atoms with Crippen LogP contribution in [0.4, 0.5) is 18.3 Å². The van der Waals surface area contributed by atoms with Gasteiger partial charge in [0.2, 0.25) is 11.5 Å². The van der Waals surface area contributed by atoms with Crippen LogP contribution in [-0.2, 0) is 24.0 Å². The fraction of sp³-hybridized carbons (Fsp3) is 0.467. The number of aliphatic carboxylic acids is 2. The highest BCUT2D eigenvalue weighted by atomic mass is 32.1. The van der Waals surface area contributed by atoms with Crippen molar-refractivity contribution >= 4 is 45.9 Å². The number of rotatable bonds is 6. The maximum absolute atomic E-state index is 12.4. The van der Waals surface area contributed by atoms with Crippen LogP contribution in [0.3, 0.4) is 0 Å². The van der Waals surface area contributed by atoms with Gasteiger partial charge in [-0.1, -0.05) is 5.16 Å². The first-order valence-electron chi connectivity index (χ1n) is 8.18. The van der Waals surface area contributed by atoms with Gasteiger partial charge in [-0.2, -0.15) is 13.2 Å². The maximum atomic E-state index is 12.4. The van der Waals surface area contributed by atoms with Crippen molar-refractivity contribution < 1.29 is 47.4 Å².